The Bertz CT molecular complexity index is 1490. The molecular formula is C25H25N7O5S. The molecule has 1 aliphatic rings. The van der Waals surface area contributed by atoms with Crippen molar-refractivity contribution < 1.29 is 19.9 Å². The molecule has 1 unspecified atom stereocenters. The van der Waals surface area contributed by atoms with Crippen molar-refractivity contribution in [3.63, 3.8) is 0 Å². The van der Waals surface area contributed by atoms with Crippen molar-refractivity contribution in [2.24, 2.45) is 20.5 Å². The number of nitro benzene ring substituents is 1. The average Bonchev–Trinajstić information content (AvgIpc) is 3.31. The predicted octanol–water partition coefficient (Wildman–Crippen LogP) is 6.73. The first kappa shape index (κ1) is 26.5. The molecule has 1 aliphatic carbocycles. The van der Waals surface area contributed by atoms with Crippen LogP contribution in [0.4, 0.5) is 22.2 Å². The van der Waals surface area contributed by atoms with Gasteiger partial charge in [-0.05, 0) is 44.0 Å². The van der Waals surface area contributed by atoms with Crippen LogP contribution in [-0.2, 0) is 4.79 Å². The molecule has 0 saturated carbocycles. The number of likely N-dealkylation sites (N-methyl/N-ethyl adjacent to an activating group) is 1. The second-order valence-corrected chi connectivity index (χ2v) is 9.47. The minimum atomic E-state index is -0.830. The van der Waals surface area contributed by atoms with Gasteiger partial charge in [-0.3, -0.25) is 14.9 Å². The molecule has 12 nitrogen and oxygen atoms in total. The summed E-state index contributed by atoms with van der Waals surface area (Å²) in [7, 11) is 0. The maximum Gasteiger partial charge on any atom is 0.305 e. The van der Waals surface area contributed by atoms with E-state index in [1.54, 1.807) is 19.1 Å². The summed E-state index contributed by atoms with van der Waals surface area (Å²) in [6.07, 6.45) is 6.50. The molecule has 0 aliphatic heterocycles. The molecule has 3 aromatic rings. The lowest BCUT2D eigenvalue weighted by molar-refractivity contribution is -0.384. The summed E-state index contributed by atoms with van der Waals surface area (Å²) in [4.78, 5) is 27.7. The average molecular weight is 536 g/mol. The van der Waals surface area contributed by atoms with Crippen LogP contribution in [0.3, 0.4) is 0 Å². The molecular weight excluding hydrogens is 510 g/mol. The Kier molecular flexibility index (Phi) is 8.16. The Hall–Kier alpha value is -4.52. The summed E-state index contributed by atoms with van der Waals surface area (Å²) in [5.41, 5.74) is 2.97. The van der Waals surface area contributed by atoms with Gasteiger partial charge in [0, 0.05) is 37.0 Å². The van der Waals surface area contributed by atoms with E-state index < -0.39 is 10.9 Å². The highest BCUT2D eigenvalue weighted by molar-refractivity contribution is 7.21. The number of aromatic hydroxyl groups is 1. The first-order valence-electron chi connectivity index (χ1n) is 11.8. The highest BCUT2D eigenvalue weighted by Crippen LogP contribution is 2.37. The second-order valence-electron chi connectivity index (χ2n) is 8.46. The molecule has 13 heteroatoms. The number of carbonyl (C=O) groups is 1. The van der Waals surface area contributed by atoms with E-state index in [-0.39, 0.29) is 23.9 Å². The van der Waals surface area contributed by atoms with Crippen LogP contribution >= 0.6 is 11.3 Å². The molecule has 0 spiro atoms. The van der Waals surface area contributed by atoms with Crippen LogP contribution in [0.1, 0.15) is 25.3 Å². The molecule has 2 aromatic carbocycles. The van der Waals surface area contributed by atoms with Crippen molar-refractivity contribution in [1.82, 2.24) is 9.88 Å². The molecule has 2 N–H and O–H groups in total. The first-order chi connectivity index (χ1) is 18.2. The number of hydrogen-bond acceptors (Lipinski definition) is 11. The number of thiazole rings is 1. The Morgan fingerprint density at radius 3 is 2.74 bits per heavy atom. The highest BCUT2D eigenvalue weighted by Gasteiger charge is 2.14. The molecule has 0 bridgehead atoms. The highest BCUT2D eigenvalue weighted by atomic mass is 32.1. The summed E-state index contributed by atoms with van der Waals surface area (Å²) in [6, 6.07) is 7.30. The second kappa shape index (κ2) is 11.7. The molecule has 38 heavy (non-hydrogen) atoms. The van der Waals surface area contributed by atoms with Crippen molar-refractivity contribution in [1.29, 1.82) is 0 Å². The van der Waals surface area contributed by atoms with E-state index in [0.717, 1.165) is 11.3 Å². The smallest absolute Gasteiger partial charge is 0.305 e. The fourth-order valence-electron chi connectivity index (χ4n) is 3.77. The Labute approximate surface area is 221 Å². The van der Waals surface area contributed by atoms with Gasteiger partial charge in [-0.15, -0.1) is 10.2 Å². The molecule has 0 radical (unpaired) electrons. The van der Waals surface area contributed by atoms with Gasteiger partial charge in [-0.2, -0.15) is 10.2 Å². The summed E-state index contributed by atoms with van der Waals surface area (Å²) in [5.74, 6) is -0.932. The summed E-state index contributed by atoms with van der Waals surface area (Å²) < 4.78 is 0.630. The fraction of sp³-hybridized carbons (Fsp3) is 0.280. The first-order valence-corrected chi connectivity index (χ1v) is 12.6. The number of azo groups is 2. The number of nitro groups is 1. The maximum absolute atomic E-state index is 11.0. The van der Waals surface area contributed by atoms with Crippen molar-refractivity contribution in [2.45, 2.75) is 32.7 Å². The summed E-state index contributed by atoms with van der Waals surface area (Å²) >= 11 is 1.18. The predicted molar refractivity (Wildman–Crippen MR) is 143 cm³/mol. The van der Waals surface area contributed by atoms with Crippen LogP contribution in [-0.4, -0.2) is 50.1 Å². The van der Waals surface area contributed by atoms with Gasteiger partial charge >= 0.3 is 5.97 Å². The van der Waals surface area contributed by atoms with Gasteiger partial charge in [0.05, 0.1) is 33.3 Å². The standard InChI is InChI=1S/C25H25N7O5S/c1-3-31(11-10-24(34)35)17-6-4-16(5-7-17)27-29-21-12-15(2)20(14-22(21)33)28-30-25-26-19-9-8-18(32(36)37)13-23(19)38-25/h4,6-9,12-14,16,33H,3,5,10-11H2,1-2H3,(H,34,35). The number of aromatic nitrogens is 1. The quantitative estimate of drug-likeness (QED) is 0.165. The van der Waals surface area contributed by atoms with Gasteiger partial charge in [0.1, 0.15) is 11.4 Å². The van der Waals surface area contributed by atoms with Gasteiger partial charge in [0.15, 0.2) is 0 Å². The maximum atomic E-state index is 11.0. The SMILES string of the molecule is CCN(CCC(=O)O)C1=CCC(N=Nc2cc(C)c(N=Nc3nc4ccc([N+](=O)[O-])cc4s3)cc2O)C=C1. The third-order valence-electron chi connectivity index (χ3n) is 5.82. The lowest BCUT2D eigenvalue weighted by Gasteiger charge is -2.25. The Balaban J connectivity index is 1.42. The zero-order valence-electron chi connectivity index (χ0n) is 20.7. The zero-order chi connectivity index (χ0) is 27.2. The molecule has 1 atom stereocenters. The zero-order valence-corrected chi connectivity index (χ0v) is 21.5. The number of nitrogens with zero attached hydrogens (tertiary/aromatic N) is 7. The normalized spacial score (nSPS) is 15.4. The Morgan fingerprint density at radius 1 is 1.24 bits per heavy atom. The molecule has 4 rings (SSSR count). The van der Waals surface area contributed by atoms with Gasteiger partial charge in [-0.25, -0.2) is 4.98 Å². The molecule has 196 valence electrons. The number of non-ortho nitro benzene ring substituents is 1. The number of carboxylic acid groups (broad SMARTS) is 1. The van der Waals surface area contributed by atoms with E-state index in [2.05, 4.69) is 25.4 Å². The minimum absolute atomic E-state index is 0.0194. The van der Waals surface area contributed by atoms with Crippen LogP contribution in [0.2, 0.25) is 0 Å². The number of aryl methyl sites for hydroxylation is 1. The number of fused-ring (bicyclic) bond motifs is 1. The van der Waals surface area contributed by atoms with E-state index in [0.29, 0.717) is 46.2 Å². The number of allylic oxidation sites excluding steroid dienone is 1. The minimum Gasteiger partial charge on any atom is -0.506 e. The molecule has 0 saturated heterocycles. The largest absolute Gasteiger partial charge is 0.506 e. The number of rotatable bonds is 10. The molecule has 0 fully saturated rings. The number of carboxylic acids is 1. The van der Waals surface area contributed by atoms with Gasteiger partial charge in [0.25, 0.3) is 5.69 Å². The molecule has 1 heterocycles. The van der Waals surface area contributed by atoms with Crippen LogP contribution < -0.4 is 0 Å². The number of phenols is 1. The molecule has 1 aromatic heterocycles. The van der Waals surface area contributed by atoms with Gasteiger partial charge in [-0.1, -0.05) is 23.5 Å². The third-order valence-corrected chi connectivity index (χ3v) is 6.72. The number of phenolic OH excluding ortho intramolecular Hbond substituents is 1. The van der Waals surface area contributed by atoms with Crippen LogP contribution in [0.25, 0.3) is 10.2 Å². The van der Waals surface area contributed by atoms with E-state index >= 15 is 0 Å². The lowest BCUT2D eigenvalue weighted by Crippen LogP contribution is -2.26. The summed E-state index contributed by atoms with van der Waals surface area (Å²) in [6.45, 7) is 4.92. The van der Waals surface area contributed by atoms with Crippen molar-refractivity contribution in [2.75, 3.05) is 13.1 Å². The summed E-state index contributed by atoms with van der Waals surface area (Å²) in [5, 5.41) is 47.6. The van der Waals surface area contributed by atoms with Crippen LogP contribution in [0, 0.1) is 17.0 Å². The number of aliphatic carboxylic acids is 1. The number of hydrogen-bond donors (Lipinski definition) is 2. The molecule has 0 amide bonds. The fourth-order valence-corrected chi connectivity index (χ4v) is 4.59. The number of benzene rings is 2. The van der Waals surface area contributed by atoms with Gasteiger partial charge in [0.2, 0.25) is 5.13 Å². The monoisotopic (exact) mass is 535 g/mol. The van der Waals surface area contributed by atoms with Gasteiger partial charge < -0.3 is 15.1 Å². The lowest BCUT2D eigenvalue weighted by atomic mass is 10.1. The van der Waals surface area contributed by atoms with E-state index in [9.17, 15) is 20.0 Å². The van der Waals surface area contributed by atoms with Crippen molar-refractivity contribution >= 4 is 49.7 Å². The topological polar surface area (TPSA) is 166 Å². The van der Waals surface area contributed by atoms with Crippen molar-refractivity contribution in [3.05, 3.63) is 69.9 Å². The third kappa shape index (κ3) is 6.42. The van der Waals surface area contributed by atoms with E-state index in [1.807, 2.05) is 30.1 Å². The van der Waals surface area contributed by atoms with E-state index in [4.69, 9.17) is 5.11 Å². The van der Waals surface area contributed by atoms with Crippen molar-refractivity contribution in [3.8, 4) is 5.75 Å². The van der Waals surface area contributed by atoms with Crippen LogP contribution in [0.5, 0.6) is 5.75 Å². The Morgan fingerprint density at radius 2 is 2.05 bits per heavy atom. The van der Waals surface area contributed by atoms with E-state index in [1.165, 1.54) is 29.5 Å². The van der Waals surface area contributed by atoms with Crippen LogP contribution in [0.15, 0.2) is 74.7 Å².